The van der Waals surface area contributed by atoms with Crippen molar-refractivity contribution in [1.82, 2.24) is 0 Å². The van der Waals surface area contributed by atoms with Gasteiger partial charge in [0, 0.05) is 27.6 Å². The number of hydrogen-bond donors (Lipinski definition) is 0. The molecular weight excluding hydrogens is 607 g/mol. The van der Waals surface area contributed by atoms with Crippen molar-refractivity contribution in [3.8, 4) is 44.9 Å². The molecule has 1 aliphatic rings. The fraction of sp³-hybridized carbons (Fsp3) is 0. The van der Waals surface area contributed by atoms with E-state index in [2.05, 4.69) is 187 Å². The van der Waals surface area contributed by atoms with E-state index in [0.29, 0.717) is 0 Å². The van der Waals surface area contributed by atoms with Gasteiger partial charge in [-0.1, -0.05) is 140 Å². The van der Waals surface area contributed by atoms with Crippen molar-refractivity contribution in [1.29, 1.82) is 0 Å². The molecule has 0 bridgehead atoms. The Morgan fingerprint density at radius 1 is 0.340 bits per heavy atom. The molecular formula is C48H31NO. The summed E-state index contributed by atoms with van der Waals surface area (Å²) in [4.78, 5) is 2.42. The Kier molecular flexibility index (Phi) is 6.53. The molecule has 0 saturated carbocycles. The fourth-order valence-electron chi connectivity index (χ4n) is 7.73. The highest BCUT2D eigenvalue weighted by Crippen LogP contribution is 2.50. The van der Waals surface area contributed by atoms with E-state index in [4.69, 9.17) is 4.74 Å². The van der Waals surface area contributed by atoms with Gasteiger partial charge in [0.25, 0.3) is 0 Å². The maximum atomic E-state index is 6.37. The second-order valence-electron chi connectivity index (χ2n) is 12.9. The number of rotatable bonds is 5. The Morgan fingerprint density at radius 2 is 0.920 bits per heavy atom. The van der Waals surface area contributed by atoms with Gasteiger partial charge < -0.3 is 9.64 Å². The van der Waals surface area contributed by atoms with Crippen LogP contribution in [-0.4, -0.2) is 0 Å². The minimum absolute atomic E-state index is 0.890. The maximum absolute atomic E-state index is 6.37. The van der Waals surface area contributed by atoms with Gasteiger partial charge in [-0.15, -0.1) is 0 Å². The van der Waals surface area contributed by atoms with E-state index in [1.165, 1.54) is 38.2 Å². The van der Waals surface area contributed by atoms with E-state index in [1.54, 1.807) is 0 Å². The SMILES string of the molecule is c1ccc2c(c1)Oc1cccc3cc(-c4ccccc4N(c4ccc(-c5cccc6ccccc56)cc4)c4cccc5ccccc45)cc-2c13. The number of nitrogens with zero attached hydrogens (tertiary/aromatic N) is 1. The molecule has 0 fully saturated rings. The fourth-order valence-corrected chi connectivity index (χ4v) is 7.73. The van der Waals surface area contributed by atoms with Gasteiger partial charge in [0.2, 0.25) is 0 Å². The van der Waals surface area contributed by atoms with Crippen LogP contribution in [0.1, 0.15) is 0 Å². The zero-order valence-electron chi connectivity index (χ0n) is 27.3. The minimum atomic E-state index is 0.890. The summed E-state index contributed by atoms with van der Waals surface area (Å²) in [5, 5.41) is 7.23. The van der Waals surface area contributed by atoms with Gasteiger partial charge in [0.1, 0.15) is 11.5 Å². The van der Waals surface area contributed by atoms with Crippen molar-refractivity contribution in [2.75, 3.05) is 4.90 Å². The van der Waals surface area contributed by atoms with Gasteiger partial charge in [-0.05, 0) is 92.3 Å². The van der Waals surface area contributed by atoms with Crippen LogP contribution in [0.15, 0.2) is 188 Å². The van der Waals surface area contributed by atoms with E-state index in [-0.39, 0.29) is 0 Å². The predicted molar refractivity (Wildman–Crippen MR) is 210 cm³/mol. The summed E-state index contributed by atoms with van der Waals surface area (Å²) in [6, 6.07) is 67.6. The van der Waals surface area contributed by atoms with Crippen LogP contribution >= 0.6 is 0 Å². The molecule has 0 radical (unpaired) electrons. The normalized spacial score (nSPS) is 11.8. The predicted octanol–water partition coefficient (Wildman–Crippen LogP) is 13.7. The largest absolute Gasteiger partial charge is 0.456 e. The first kappa shape index (κ1) is 28.4. The van der Waals surface area contributed by atoms with Gasteiger partial charge in [0.15, 0.2) is 0 Å². The Bertz CT molecular complexity index is 2730. The van der Waals surface area contributed by atoms with Gasteiger partial charge in [-0.3, -0.25) is 0 Å². The van der Waals surface area contributed by atoms with Gasteiger partial charge >= 0.3 is 0 Å². The van der Waals surface area contributed by atoms with E-state index in [0.717, 1.165) is 56.0 Å². The zero-order chi connectivity index (χ0) is 33.0. The molecule has 1 heterocycles. The number of hydrogen-bond acceptors (Lipinski definition) is 2. The molecule has 2 nitrogen and oxygen atoms in total. The van der Waals surface area contributed by atoms with E-state index < -0.39 is 0 Å². The summed E-state index contributed by atoms with van der Waals surface area (Å²) < 4.78 is 6.37. The molecule has 1 aliphatic heterocycles. The van der Waals surface area contributed by atoms with Crippen molar-refractivity contribution in [2.24, 2.45) is 0 Å². The first-order valence-electron chi connectivity index (χ1n) is 17.1. The molecule has 0 aromatic heterocycles. The monoisotopic (exact) mass is 637 g/mol. The Morgan fingerprint density at radius 3 is 1.78 bits per heavy atom. The lowest BCUT2D eigenvalue weighted by Gasteiger charge is -2.29. The van der Waals surface area contributed by atoms with Gasteiger partial charge in [0.05, 0.1) is 11.4 Å². The van der Waals surface area contributed by atoms with Crippen LogP contribution < -0.4 is 9.64 Å². The summed E-state index contributed by atoms with van der Waals surface area (Å²) in [7, 11) is 0. The standard InChI is InChI=1S/C48H31NO/c1-3-17-38-32(12-1)14-9-21-39(38)34-26-28-37(29-27-34)49(45-23-10-15-33-13-2-4-18-40(33)45)44-22-7-5-19-41(44)36-30-35-16-11-25-47-48(35)43(31-36)42-20-6-8-24-46(42)50-47/h1-31H. The molecule has 0 aliphatic carbocycles. The Hall–Kier alpha value is -6.64. The van der Waals surface area contributed by atoms with Crippen molar-refractivity contribution in [3.63, 3.8) is 0 Å². The van der Waals surface area contributed by atoms with Gasteiger partial charge in [-0.25, -0.2) is 0 Å². The molecule has 2 heteroatoms. The third-order valence-electron chi connectivity index (χ3n) is 10.0. The summed E-state index contributed by atoms with van der Waals surface area (Å²) >= 11 is 0. The molecule has 0 spiro atoms. The van der Waals surface area contributed by atoms with Crippen LogP contribution in [0.5, 0.6) is 11.5 Å². The molecule has 9 aromatic carbocycles. The summed E-state index contributed by atoms with van der Waals surface area (Å²) in [5.41, 5.74) is 10.4. The molecule has 10 rings (SSSR count). The smallest absolute Gasteiger partial charge is 0.135 e. The first-order chi connectivity index (χ1) is 24.8. The summed E-state index contributed by atoms with van der Waals surface area (Å²) in [6.45, 7) is 0. The lowest BCUT2D eigenvalue weighted by Crippen LogP contribution is -2.11. The third-order valence-corrected chi connectivity index (χ3v) is 10.0. The second-order valence-corrected chi connectivity index (χ2v) is 12.9. The van der Waals surface area contributed by atoms with Crippen molar-refractivity contribution in [3.05, 3.63) is 188 Å². The number of benzene rings is 9. The number of anilines is 3. The van der Waals surface area contributed by atoms with Crippen LogP contribution in [0.3, 0.4) is 0 Å². The first-order valence-corrected chi connectivity index (χ1v) is 17.1. The average Bonchev–Trinajstić information content (AvgIpc) is 3.18. The number of fused-ring (bicyclic) bond motifs is 4. The zero-order valence-corrected chi connectivity index (χ0v) is 27.3. The molecule has 0 saturated heterocycles. The van der Waals surface area contributed by atoms with E-state index in [1.807, 2.05) is 6.07 Å². The number of para-hydroxylation sites is 2. The van der Waals surface area contributed by atoms with Crippen LogP contribution in [0.4, 0.5) is 17.1 Å². The van der Waals surface area contributed by atoms with Crippen LogP contribution in [0, 0.1) is 0 Å². The highest BCUT2D eigenvalue weighted by molar-refractivity contribution is 6.08. The highest BCUT2D eigenvalue weighted by atomic mass is 16.5. The molecule has 234 valence electrons. The van der Waals surface area contributed by atoms with Crippen LogP contribution in [-0.2, 0) is 0 Å². The van der Waals surface area contributed by atoms with Crippen LogP contribution in [0.2, 0.25) is 0 Å². The lowest BCUT2D eigenvalue weighted by atomic mass is 9.90. The topological polar surface area (TPSA) is 12.5 Å². The summed E-state index contributed by atoms with van der Waals surface area (Å²) in [5.74, 6) is 1.79. The molecule has 9 aromatic rings. The quantitative estimate of drug-likeness (QED) is 0.186. The lowest BCUT2D eigenvalue weighted by molar-refractivity contribution is 0.487. The van der Waals surface area contributed by atoms with Crippen molar-refractivity contribution in [2.45, 2.75) is 0 Å². The van der Waals surface area contributed by atoms with Crippen molar-refractivity contribution >= 4 is 49.4 Å². The average molecular weight is 638 g/mol. The summed E-state index contributed by atoms with van der Waals surface area (Å²) in [6.07, 6.45) is 0. The van der Waals surface area contributed by atoms with Crippen LogP contribution in [0.25, 0.3) is 65.7 Å². The maximum Gasteiger partial charge on any atom is 0.135 e. The molecule has 0 amide bonds. The molecule has 0 atom stereocenters. The van der Waals surface area contributed by atoms with Crippen molar-refractivity contribution < 1.29 is 4.74 Å². The Balaban J connectivity index is 1.19. The molecule has 0 unspecified atom stereocenters. The molecule has 50 heavy (non-hydrogen) atoms. The molecule has 0 N–H and O–H groups in total. The third kappa shape index (κ3) is 4.57. The van der Waals surface area contributed by atoms with E-state index >= 15 is 0 Å². The minimum Gasteiger partial charge on any atom is -0.456 e. The second kappa shape index (κ2) is 11.5. The van der Waals surface area contributed by atoms with Gasteiger partial charge in [-0.2, -0.15) is 0 Å². The highest BCUT2D eigenvalue weighted by Gasteiger charge is 2.23. The number of ether oxygens (including phenoxy) is 1. The van der Waals surface area contributed by atoms with E-state index in [9.17, 15) is 0 Å². The Labute approximate surface area is 291 Å².